The molecule has 0 aromatic carbocycles. The van der Waals surface area contributed by atoms with Gasteiger partial charge in [-0.2, -0.15) is 0 Å². The van der Waals surface area contributed by atoms with Crippen LogP contribution in [-0.4, -0.2) is 17.6 Å². The molecule has 1 unspecified atom stereocenters. The molecule has 0 radical (unpaired) electrons. The lowest BCUT2D eigenvalue weighted by atomic mass is 10.1. The zero-order chi connectivity index (χ0) is 7.98. The highest BCUT2D eigenvalue weighted by Gasteiger charge is 2.06. The molecule has 3 N–H and O–H groups in total. The van der Waals surface area contributed by atoms with E-state index in [9.17, 15) is 4.79 Å². The normalized spacial score (nSPS) is 13.8. The maximum absolute atomic E-state index is 10.2. The molecule has 0 aromatic rings. The van der Waals surface area contributed by atoms with Crippen LogP contribution in [0.1, 0.15) is 13.3 Å². The van der Waals surface area contributed by atoms with Crippen LogP contribution < -0.4 is 5.73 Å². The summed E-state index contributed by atoms with van der Waals surface area (Å²) in [5.74, 6) is -1.07. The highest BCUT2D eigenvalue weighted by molar-refractivity contribution is 5.69. The van der Waals surface area contributed by atoms with E-state index in [2.05, 4.69) is 0 Å². The monoisotopic (exact) mass is 143 g/mol. The van der Waals surface area contributed by atoms with Crippen LogP contribution >= 0.6 is 0 Å². The largest absolute Gasteiger partial charge is 0.481 e. The summed E-state index contributed by atoms with van der Waals surface area (Å²) in [5.41, 5.74) is 5.16. The van der Waals surface area contributed by atoms with Crippen LogP contribution in [-0.2, 0) is 4.79 Å². The summed E-state index contributed by atoms with van der Waals surface area (Å²) >= 11 is 0. The highest BCUT2D eigenvalue weighted by Crippen LogP contribution is 2.01. The van der Waals surface area contributed by atoms with Gasteiger partial charge >= 0.3 is 5.97 Å². The van der Waals surface area contributed by atoms with Gasteiger partial charge in [0.1, 0.15) is 0 Å². The molecule has 0 aromatic heterocycles. The molecular weight excluding hydrogens is 130 g/mol. The Morgan fingerprint density at radius 1 is 1.70 bits per heavy atom. The lowest BCUT2D eigenvalue weighted by Crippen LogP contribution is -2.07. The SMILES string of the molecule is CC(C/C=C/CN)C(=O)O. The topological polar surface area (TPSA) is 63.3 Å². The van der Waals surface area contributed by atoms with Crippen molar-refractivity contribution >= 4 is 5.97 Å². The molecule has 3 heteroatoms. The summed E-state index contributed by atoms with van der Waals surface area (Å²) in [6.07, 6.45) is 4.12. The Labute approximate surface area is 60.5 Å². The minimum absolute atomic E-state index is 0.303. The Morgan fingerprint density at radius 3 is 2.70 bits per heavy atom. The fourth-order valence-corrected chi connectivity index (χ4v) is 0.497. The van der Waals surface area contributed by atoms with Gasteiger partial charge in [0, 0.05) is 6.54 Å². The first-order valence-corrected chi connectivity index (χ1v) is 3.26. The number of rotatable bonds is 4. The molecule has 0 saturated heterocycles. The lowest BCUT2D eigenvalue weighted by Gasteiger charge is -1.98. The fourth-order valence-electron chi connectivity index (χ4n) is 0.497. The zero-order valence-electron chi connectivity index (χ0n) is 6.08. The third-order valence-corrected chi connectivity index (χ3v) is 1.21. The Bertz CT molecular complexity index is 132. The first-order chi connectivity index (χ1) is 4.68. The minimum atomic E-state index is -0.762. The average molecular weight is 143 g/mol. The molecule has 0 rings (SSSR count). The van der Waals surface area contributed by atoms with Crippen LogP contribution in [0.4, 0.5) is 0 Å². The smallest absolute Gasteiger partial charge is 0.306 e. The summed E-state index contributed by atoms with van der Waals surface area (Å²) in [6, 6.07) is 0. The summed E-state index contributed by atoms with van der Waals surface area (Å²) in [7, 11) is 0. The molecule has 0 aliphatic carbocycles. The number of aliphatic carboxylic acids is 1. The van der Waals surface area contributed by atoms with Gasteiger partial charge in [0.25, 0.3) is 0 Å². The summed E-state index contributed by atoms with van der Waals surface area (Å²) < 4.78 is 0. The second kappa shape index (κ2) is 4.99. The molecule has 0 amide bonds. The second-order valence-electron chi connectivity index (χ2n) is 2.18. The van der Waals surface area contributed by atoms with E-state index in [1.165, 1.54) is 0 Å². The van der Waals surface area contributed by atoms with E-state index in [-0.39, 0.29) is 5.92 Å². The Morgan fingerprint density at radius 2 is 2.30 bits per heavy atom. The Kier molecular flexibility index (Phi) is 4.58. The van der Waals surface area contributed by atoms with Gasteiger partial charge < -0.3 is 10.8 Å². The van der Waals surface area contributed by atoms with E-state index in [1.54, 1.807) is 19.1 Å². The van der Waals surface area contributed by atoms with Crippen LogP contribution in [0.5, 0.6) is 0 Å². The van der Waals surface area contributed by atoms with E-state index in [0.29, 0.717) is 13.0 Å². The van der Waals surface area contributed by atoms with Crippen LogP contribution in [0.25, 0.3) is 0 Å². The molecular formula is C7H13NO2. The number of carboxylic acid groups (broad SMARTS) is 1. The number of allylic oxidation sites excluding steroid dienone is 1. The maximum Gasteiger partial charge on any atom is 0.306 e. The van der Waals surface area contributed by atoms with Gasteiger partial charge in [-0.15, -0.1) is 0 Å². The van der Waals surface area contributed by atoms with Crippen molar-refractivity contribution in [3.05, 3.63) is 12.2 Å². The molecule has 0 bridgehead atoms. The number of carbonyl (C=O) groups is 1. The van der Waals surface area contributed by atoms with Gasteiger partial charge in [-0.1, -0.05) is 19.1 Å². The third-order valence-electron chi connectivity index (χ3n) is 1.21. The van der Waals surface area contributed by atoms with Crippen molar-refractivity contribution in [1.29, 1.82) is 0 Å². The van der Waals surface area contributed by atoms with Crippen molar-refractivity contribution in [1.82, 2.24) is 0 Å². The molecule has 10 heavy (non-hydrogen) atoms. The molecule has 1 atom stereocenters. The van der Waals surface area contributed by atoms with Crippen molar-refractivity contribution in [2.24, 2.45) is 11.7 Å². The van der Waals surface area contributed by atoms with E-state index >= 15 is 0 Å². The van der Waals surface area contributed by atoms with Crippen molar-refractivity contribution < 1.29 is 9.90 Å². The van der Waals surface area contributed by atoms with Crippen molar-refractivity contribution in [3.8, 4) is 0 Å². The third kappa shape index (κ3) is 4.09. The number of nitrogens with two attached hydrogens (primary N) is 1. The van der Waals surface area contributed by atoms with Gasteiger partial charge in [-0.25, -0.2) is 0 Å². The van der Waals surface area contributed by atoms with E-state index in [0.717, 1.165) is 0 Å². The first-order valence-electron chi connectivity index (χ1n) is 3.26. The Hall–Kier alpha value is -0.830. The van der Waals surface area contributed by atoms with E-state index < -0.39 is 5.97 Å². The summed E-state index contributed by atoms with van der Waals surface area (Å²) in [4.78, 5) is 10.2. The zero-order valence-corrected chi connectivity index (χ0v) is 6.08. The molecule has 58 valence electrons. The van der Waals surface area contributed by atoms with Gasteiger partial charge in [-0.3, -0.25) is 4.79 Å². The van der Waals surface area contributed by atoms with E-state index in [1.807, 2.05) is 0 Å². The molecule has 3 nitrogen and oxygen atoms in total. The van der Waals surface area contributed by atoms with Crippen molar-refractivity contribution in [2.45, 2.75) is 13.3 Å². The highest BCUT2D eigenvalue weighted by atomic mass is 16.4. The summed E-state index contributed by atoms with van der Waals surface area (Å²) in [6.45, 7) is 2.15. The van der Waals surface area contributed by atoms with Gasteiger partial charge in [0.05, 0.1) is 5.92 Å². The van der Waals surface area contributed by atoms with Crippen LogP contribution in [0, 0.1) is 5.92 Å². The quantitative estimate of drug-likeness (QED) is 0.567. The maximum atomic E-state index is 10.2. The predicted octanol–water partition coefficient (Wildman–Crippen LogP) is 0.612. The fraction of sp³-hybridized carbons (Fsp3) is 0.571. The molecule has 0 spiro atoms. The minimum Gasteiger partial charge on any atom is -0.481 e. The van der Waals surface area contributed by atoms with Crippen molar-refractivity contribution in [3.63, 3.8) is 0 Å². The second-order valence-corrected chi connectivity index (χ2v) is 2.18. The molecule has 0 heterocycles. The lowest BCUT2D eigenvalue weighted by molar-refractivity contribution is -0.140. The molecule has 0 fully saturated rings. The van der Waals surface area contributed by atoms with Gasteiger partial charge in [-0.05, 0) is 6.42 Å². The summed E-state index contributed by atoms with van der Waals surface area (Å²) in [5, 5.41) is 8.42. The molecule has 0 saturated carbocycles. The Balaban J connectivity index is 3.48. The first kappa shape index (κ1) is 9.17. The van der Waals surface area contributed by atoms with Gasteiger partial charge in [0.2, 0.25) is 0 Å². The van der Waals surface area contributed by atoms with Crippen molar-refractivity contribution in [2.75, 3.05) is 6.54 Å². The molecule has 0 aliphatic rings. The standard InChI is InChI=1S/C7H13NO2/c1-6(7(9)10)4-2-3-5-8/h2-3,6H,4-5,8H2,1H3,(H,9,10)/b3-2+. The predicted molar refractivity (Wildman–Crippen MR) is 39.6 cm³/mol. The molecule has 0 aliphatic heterocycles. The number of carboxylic acids is 1. The van der Waals surface area contributed by atoms with Gasteiger partial charge in [0.15, 0.2) is 0 Å². The average Bonchev–Trinajstić information content (AvgIpc) is 1.88. The number of hydrogen-bond donors (Lipinski definition) is 2. The van der Waals surface area contributed by atoms with E-state index in [4.69, 9.17) is 10.8 Å². The van der Waals surface area contributed by atoms with Crippen LogP contribution in [0.15, 0.2) is 12.2 Å². The number of hydrogen-bond acceptors (Lipinski definition) is 2. The van der Waals surface area contributed by atoms with Crippen LogP contribution in [0.3, 0.4) is 0 Å². The van der Waals surface area contributed by atoms with Crippen LogP contribution in [0.2, 0.25) is 0 Å².